The molecule has 1 amide bonds. The molecule has 22 heavy (non-hydrogen) atoms. The summed E-state index contributed by atoms with van der Waals surface area (Å²) < 4.78 is 4.84. The Balaban J connectivity index is 1.66. The van der Waals surface area contributed by atoms with Crippen molar-refractivity contribution in [1.29, 1.82) is 0 Å². The van der Waals surface area contributed by atoms with Crippen molar-refractivity contribution in [3.8, 4) is 0 Å². The maximum Gasteiger partial charge on any atom is 0.328 e. The maximum absolute atomic E-state index is 12.5. The summed E-state index contributed by atoms with van der Waals surface area (Å²) in [5, 5.41) is 2.90. The van der Waals surface area contributed by atoms with Crippen molar-refractivity contribution >= 4 is 11.9 Å². The summed E-state index contributed by atoms with van der Waals surface area (Å²) >= 11 is 0. The number of rotatable bonds is 5. The van der Waals surface area contributed by atoms with Crippen LogP contribution < -0.4 is 5.32 Å². The van der Waals surface area contributed by atoms with Gasteiger partial charge in [-0.15, -0.1) is 0 Å². The lowest BCUT2D eigenvalue weighted by Crippen LogP contribution is -2.46. The highest BCUT2D eigenvalue weighted by atomic mass is 16.5. The highest BCUT2D eigenvalue weighted by Gasteiger charge is 2.40. The van der Waals surface area contributed by atoms with E-state index in [1.54, 1.807) is 0 Å². The van der Waals surface area contributed by atoms with Crippen molar-refractivity contribution in [2.75, 3.05) is 7.11 Å². The zero-order valence-electron chi connectivity index (χ0n) is 12.7. The van der Waals surface area contributed by atoms with E-state index in [-0.39, 0.29) is 11.8 Å². The SMILES string of the molecule is COC(=O)[C@H](Cc1ccccc1)NC(=O)[C@H]1C[C@@H]2C=C[C@H]1C2. The molecule has 0 aromatic heterocycles. The predicted octanol–water partition coefficient (Wildman–Crippen LogP) is 2.10. The minimum absolute atomic E-state index is 0.00192. The Morgan fingerprint density at radius 2 is 2.00 bits per heavy atom. The van der Waals surface area contributed by atoms with E-state index in [0.717, 1.165) is 18.4 Å². The van der Waals surface area contributed by atoms with Crippen LogP contribution in [0, 0.1) is 17.8 Å². The molecule has 1 fully saturated rings. The molecule has 0 unspecified atom stereocenters. The third kappa shape index (κ3) is 3.06. The molecule has 0 saturated heterocycles. The average molecular weight is 299 g/mol. The van der Waals surface area contributed by atoms with Crippen LogP contribution in [0.5, 0.6) is 0 Å². The lowest BCUT2D eigenvalue weighted by molar-refractivity contribution is -0.145. The first-order valence-corrected chi connectivity index (χ1v) is 7.78. The van der Waals surface area contributed by atoms with Gasteiger partial charge in [-0.25, -0.2) is 4.79 Å². The zero-order valence-corrected chi connectivity index (χ0v) is 12.7. The molecule has 0 spiro atoms. The highest BCUT2D eigenvalue weighted by molar-refractivity contribution is 5.86. The summed E-state index contributed by atoms with van der Waals surface area (Å²) in [6, 6.07) is 9.04. The summed E-state index contributed by atoms with van der Waals surface area (Å²) in [7, 11) is 1.35. The summed E-state index contributed by atoms with van der Waals surface area (Å²) in [6.07, 6.45) is 6.76. The topological polar surface area (TPSA) is 55.4 Å². The minimum Gasteiger partial charge on any atom is -0.467 e. The van der Waals surface area contributed by atoms with Gasteiger partial charge in [0.05, 0.1) is 7.11 Å². The van der Waals surface area contributed by atoms with Crippen molar-refractivity contribution in [3.05, 3.63) is 48.0 Å². The van der Waals surface area contributed by atoms with Gasteiger partial charge < -0.3 is 10.1 Å². The number of esters is 1. The molecule has 4 nitrogen and oxygen atoms in total. The van der Waals surface area contributed by atoms with E-state index in [4.69, 9.17) is 4.74 Å². The molecular weight excluding hydrogens is 278 g/mol. The van der Waals surface area contributed by atoms with Gasteiger partial charge in [-0.3, -0.25) is 4.79 Å². The van der Waals surface area contributed by atoms with Gasteiger partial charge in [0.2, 0.25) is 5.91 Å². The Hall–Kier alpha value is -2.10. The fourth-order valence-electron chi connectivity index (χ4n) is 3.55. The van der Waals surface area contributed by atoms with E-state index in [1.165, 1.54) is 7.11 Å². The number of carbonyl (C=O) groups is 2. The second-order valence-electron chi connectivity index (χ2n) is 6.16. The summed E-state index contributed by atoms with van der Waals surface area (Å²) in [5.41, 5.74) is 1.01. The van der Waals surface area contributed by atoms with Gasteiger partial charge in [-0.1, -0.05) is 42.5 Å². The van der Waals surface area contributed by atoms with Gasteiger partial charge in [0.15, 0.2) is 0 Å². The molecule has 1 aromatic carbocycles. The number of ether oxygens (including phenoxy) is 1. The van der Waals surface area contributed by atoms with Crippen molar-refractivity contribution in [2.24, 2.45) is 17.8 Å². The van der Waals surface area contributed by atoms with Gasteiger partial charge in [0.1, 0.15) is 6.04 Å². The molecular formula is C18H21NO3. The first-order chi connectivity index (χ1) is 10.7. The van der Waals surface area contributed by atoms with Gasteiger partial charge in [0.25, 0.3) is 0 Å². The van der Waals surface area contributed by atoms with Crippen LogP contribution in [0.25, 0.3) is 0 Å². The maximum atomic E-state index is 12.5. The number of hydrogen-bond acceptors (Lipinski definition) is 3. The van der Waals surface area contributed by atoms with E-state index in [1.807, 2.05) is 30.3 Å². The number of methoxy groups -OCH3 is 1. The Bertz CT molecular complexity index is 581. The lowest BCUT2D eigenvalue weighted by Gasteiger charge is -2.22. The Morgan fingerprint density at radius 3 is 2.59 bits per heavy atom. The summed E-state index contributed by atoms with van der Waals surface area (Å²) in [4.78, 5) is 24.5. The molecule has 2 bridgehead atoms. The van der Waals surface area contributed by atoms with Crippen molar-refractivity contribution < 1.29 is 14.3 Å². The van der Waals surface area contributed by atoms with Crippen LogP contribution in [-0.4, -0.2) is 25.0 Å². The minimum atomic E-state index is -0.622. The van der Waals surface area contributed by atoms with E-state index < -0.39 is 12.0 Å². The van der Waals surface area contributed by atoms with E-state index in [9.17, 15) is 9.59 Å². The van der Waals surface area contributed by atoms with Crippen LogP contribution in [0.15, 0.2) is 42.5 Å². The third-order valence-electron chi connectivity index (χ3n) is 4.70. The Labute approximate surface area is 130 Å². The molecule has 4 heteroatoms. The molecule has 1 saturated carbocycles. The Morgan fingerprint density at radius 1 is 1.23 bits per heavy atom. The number of allylic oxidation sites excluding steroid dienone is 2. The van der Waals surface area contributed by atoms with Crippen molar-refractivity contribution in [3.63, 3.8) is 0 Å². The normalized spacial score (nSPS) is 26.7. The number of carbonyl (C=O) groups excluding carboxylic acids is 2. The standard InChI is InChI=1S/C18H21NO3/c1-22-18(21)16(11-12-5-3-2-4-6-12)19-17(20)15-10-13-7-8-14(15)9-13/h2-8,13-16H,9-11H2,1H3,(H,19,20)/t13-,14+,15+,16+/m1/s1. The molecule has 0 heterocycles. The highest BCUT2D eigenvalue weighted by Crippen LogP contribution is 2.43. The molecule has 1 aromatic rings. The number of fused-ring (bicyclic) bond motifs is 2. The molecule has 0 radical (unpaired) electrons. The molecule has 0 aliphatic heterocycles. The first-order valence-electron chi connectivity index (χ1n) is 7.78. The quantitative estimate of drug-likeness (QED) is 0.669. The van der Waals surface area contributed by atoms with E-state index in [2.05, 4.69) is 17.5 Å². The predicted molar refractivity (Wildman–Crippen MR) is 82.9 cm³/mol. The molecule has 116 valence electrons. The summed E-state index contributed by atoms with van der Waals surface area (Å²) in [5.74, 6) is 0.448. The van der Waals surface area contributed by atoms with Crippen LogP contribution in [0.4, 0.5) is 0 Å². The fraction of sp³-hybridized carbons (Fsp3) is 0.444. The first kappa shape index (κ1) is 14.8. The smallest absolute Gasteiger partial charge is 0.328 e. The molecule has 2 aliphatic carbocycles. The largest absolute Gasteiger partial charge is 0.467 e. The van der Waals surface area contributed by atoms with Crippen LogP contribution in [-0.2, 0) is 20.7 Å². The molecule has 1 N–H and O–H groups in total. The van der Waals surface area contributed by atoms with Crippen LogP contribution >= 0.6 is 0 Å². The Kier molecular flexibility index (Phi) is 4.27. The fourth-order valence-corrected chi connectivity index (χ4v) is 3.55. The van der Waals surface area contributed by atoms with Crippen LogP contribution in [0.1, 0.15) is 18.4 Å². The van der Waals surface area contributed by atoms with E-state index in [0.29, 0.717) is 18.3 Å². The second kappa shape index (κ2) is 6.34. The molecule has 4 atom stereocenters. The molecule has 2 aliphatic rings. The second-order valence-corrected chi connectivity index (χ2v) is 6.16. The number of hydrogen-bond donors (Lipinski definition) is 1. The van der Waals surface area contributed by atoms with Gasteiger partial charge in [-0.2, -0.15) is 0 Å². The van der Waals surface area contributed by atoms with Gasteiger partial charge in [-0.05, 0) is 30.2 Å². The monoisotopic (exact) mass is 299 g/mol. The third-order valence-corrected chi connectivity index (χ3v) is 4.70. The van der Waals surface area contributed by atoms with Crippen molar-refractivity contribution in [1.82, 2.24) is 5.32 Å². The van der Waals surface area contributed by atoms with Gasteiger partial charge >= 0.3 is 5.97 Å². The van der Waals surface area contributed by atoms with Crippen LogP contribution in [0.2, 0.25) is 0 Å². The number of amides is 1. The number of nitrogens with one attached hydrogen (secondary N) is 1. The van der Waals surface area contributed by atoms with E-state index >= 15 is 0 Å². The zero-order chi connectivity index (χ0) is 15.5. The van der Waals surface area contributed by atoms with Crippen molar-refractivity contribution in [2.45, 2.75) is 25.3 Å². The number of benzene rings is 1. The van der Waals surface area contributed by atoms with Gasteiger partial charge in [0, 0.05) is 12.3 Å². The lowest BCUT2D eigenvalue weighted by atomic mass is 9.92. The van der Waals surface area contributed by atoms with Crippen LogP contribution in [0.3, 0.4) is 0 Å². The molecule has 3 rings (SSSR count). The summed E-state index contributed by atoms with van der Waals surface area (Å²) in [6.45, 7) is 0. The average Bonchev–Trinajstić information content (AvgIpc) is 3.17.